The van der Waals surface area contributed by atoms with Crippen molar-refractivity contribution in [2.45, 2.75) is 49.9 Å². The predicted octanol–water partition coefficient (Wildman–Crippen LogP) is 1.66. The van der Waals surface area contributed by atoms with Crippen molar-refractivity contribution in [3.8, 4) is 0 Å². The van der Waals surface area contributed by atoms with Crippen molar-refractivity contribution >= 4 is 75.3 Å². The Hall–Kier alpha value is -5.23. The van der Waals surface area contributed by atoms with E-state index in [4.69, 9.17) is 4.74 Å². The van der Waals surface area contributed by atoms with E-state index in [2.05, 4.69) is 22.2 Å². The molecular formula is C45H56N6O8S2+2. The predicted molar refractivity (Wildman–Crippen MR) is 243 cm³/mol. The number of carbonyl (C=O) groups is 3. The fourth-order valence-corrected chi connectivity index (χ4v) is 8.68. The van der Waals surface area contributed by atoms with E-state index in [0.29, 0.717) is 39.1 Å². The molecule has 2 aliphatic rings. The van der Waals surface area contributed by atoms with Crippen LogP contribution in [0.25, 0.3) is 18.2 Å². The minimum atomic E-state index is -0.942. The standard InChI is InChI=1S/C45H54N6O8S2/c1-3-32(4-5-33-8-12-36(13-9-33)50-29-38(52)26-40(50)44(56)57)16-19-46-28-42(54)47-20-24-60-61-25-21-48-43(55)31-49-22-17-35(18-23-49)7-6-34-10-14-37(15-11-34)51-30-39(53)27-41(51)45(58)59-2/h3-19,22-23,38-42,47,52-54H,1,20-21,24-31H2,2H3,(H-,48,55,56,57)/p+2/b5-4+,32-16+,46-19?. The maximum absolute atomic E-state index is 12.5. The smallest absolute Gasteiger partial charge is 0.328 e. The van der Waals surface area contributed by atoms with E-state index in [9.17, 15) is 34.8 Å². The number of carboxylic acids is 1. The van der Waals surface area contributed by atoms with Crippen LogP contribution in [0.15, 0.2) is 103 Å². The highest BCUT2D eigenvalue weighted by Gasteiger charge is 2.37. The number of aromatic nitrogens is 1. The van der Waals surface area contributed by atoms with Crippen molar-refractivity contribution in [3.63, 3.8) is 0 Å². The van der Waals surface area contributed by atoms with Crippen molar-refractivity contribution in [2.24, 2.45) is 0 Å². The summed E-state index contributed by atoms with van der Waals surface area (Å²) >= 11 is 0. The number of anilines is 2. The second-order valence-electron chi connectivity index (χ2n) is 14.5. The summed E-state index contributed by atoms with van der Waals surface area (Å²) in [4.78, 5) is 42.9. The SMILES string of the molecule is C=CC(/C=C/c1ccc(N2CC(O)CC2C(=O)O)cc1)=C\C=[NH+]CC(O)NCCSSCCNC(=O)C[n+]1ccc(/C=C/c2ccc(N3CC(O)CC3C(=O)OC)cc2)cc1. The van der Waals surface area contributed by atoms with Crippen LogP contribution in [0.4, 0.5) is 11.4 Å². The normalized spacial score (nSPS) is 19.9. The third-order valence-corrected chi connectivity index (χ3v) is 12.5. The Balaban J connectivity index is 0.903. The van der Waals surface area contributed by atoms with Crippen LogP contribution >= 0.6 is 21.6 Å². The highest BCUT2D eigenvalue weighted by atomic mass is 33.1. The highest BCUT2D eigenvalue weighted by molar-refractivity contribution is 8.76. The van der Waals surface area contributed by atoms with Crippen LogP contribution in [0.5, 0.6) is 0 Å². The van der Waals surface area contributed by atoms with E-state index in [1.165, 1.54) is 7.11 Å². The number of rotatable bonds is 22. The lowest BCUT2D eigenvalue weighted by Gasteiger charge is -2.24. The zero-order valence-electron chi connectivity index (χ0n) is 34.2. The summed E-state index contributed by atoms with van der Waals surface area (Å²) < 4.78 is 6.73. The number of hydrogen-bond donors (Lipinski definition) is 7. The molecule has 5 rings (SSSR count). The number of amides is 1. The third-order valence-electron chi connectivity index (χ3n) is 10.0. The molecule has 5 atom stereocenters. The average Bonchev–Trinajstić information content (AvgIpc) is 3.86. The average molecular weight is 873 g/mol. The summed E-state index contributed by atoms with van der Waals surface area (Å²) in [5.41, 5.74) is 5.37. The summed E-state index contributed by atoms with van der Waals surface area (Å²) in [6, 6.07) is 18.0. The molecule has 3 heterocycles. The van der Waals surface area contributed by atoms with Gasteiger partial charge in [-0.15, -0.1) is 0 Å². The zero-order chi connectivity index (χ0) is 43.6. The van der Waals surface area contributed by atoms with Crippen molar-refractivity contribution in [3.05, 3.63) is 120 Å². The summed E-state index contributed by atoms with van der Waals surface area (Å²) in [5.74, 6) is 0.183. The lowest BCUT2D eigenvalue weighted by atomic mass is 10.1. The molecule has 0 bridgehead atoms. The monoisotopic (exact) mass is 872 g/mol. The molecule has 2 aromatic carbocycles. The second-order valence-corrected chi connectivity index (χ2v) is 17.2. The summed E-state index contributed by atoms with van der Waals surface area (Å²) in [6.45, 7) is 6.25. The van der Waals surface area contributed by atoms with Crippen LogP contribution < -0.4 is 30.0 Å². The van der Waals surface area contributed by atoms with Gasteiger partial charge >= 0.3 is 11.9 Å². The number of aliphatic carboxylic acids is 1. The van der Waals surface area contributed by atoms with E-state index in [-0.39, 0.29) is 24.8 Å². The van der Waals surface area contributed by atoms with Gasteiger partial charge in [-0.2, -0.15) is 4.57 Å². The molecule has 1 amide bonds. The number of nitrogens with zero attached hydrogens (tertiary/aromatic N) is 3. The number of carboxylic acid groups (broad SMARTS) is 1. The summed E-state index contributed by atoms with van der Waals surface area (Å²) in [7, 11) is 4.69. The van der Waals surface area contributed by atoms with Crippen molar-refractivity contribution in [1.29, 1.82) is 0 Å². The molecule has 2 aliphatic heterocycles. The minimum Gasteiger partial charge on any atom is -0.480 e. The first-order valence-electron chi connectivity index (χ1n) is 20.1. The zero-order valence-corrected chi connectivity index (χ0v) is 35.8. The Kier molecular flexibility index (Phi) is 18.6. The molecule has 0 spiro atoms. The van der Waals surface area contributed by atoms with Crippen LogP contribution in [0.3, 0.4) is 0 Å². The number of benzene rings is 2. The molecule has 61 heavy (non-hydrogen) atoms. The van der Waals surface area contributed by atoms with Crippen LogP contribution in [0, 0.1) is 0 Å². The van der Waals surface area contributed by atoms with Gasteiger partial charge in [0, 0.05) is 80.1 Å². The molecule has 0 radical (unpaired) electrons. The Bertz CT molecular complexity index is 2030. The molecule has 16 heteroatoms. The number of methoxy groups -OCH3 is 1. The molecule has 2 fully saturated rings. The molecule has 324 valence electrons. The first-order valence-corrected chi connectivity index (χ1v) is 22.6. The molecular weight excluding hydrogens is 817 g/mol. The van der Waals surface area contributed by atoms with Crippen molar-refractivity contribution in [2.75, 3.05) is 61.1 Å². The second kappa shape index (κ2) is 24.3. The lowest BCUT2D eigenvalue weighted by molar-refractivity contribution is -0.684. The number of nitrogens with one attached hydrogen (secondary N) is 3. The van der Waals surface area contributed by atoms with Gasteiger partial charge in [-0.1, -0.05) is 82.8 Å². The molecule has 14 nitrogen and oxygen atoms in total. The summed E-state index contributed by atoms with van der Waals surface area (Å²) in [5, 5.41) is 45.8. The first kappa shape index (κ1) is 46.8. The Labute approximate surface area is 364 Å². The van der Waals surface area contributed by atoms with Crippen LogP contribution in [-0.2, 0) is 25.7 Å². The number of β-amino-alcohol motifs (C(OH)–C–C–N with tert-alkyl or cyclic N) is 2. The van der Waals surface area contributed by atoms with Crippen LogP contribution in [0.1, 0.15) is 29.5 Å². The topological polar surface area (TPSA) is 190 Å². The molecule has 3 aromatic rings. The van der Waals surface area contributed by atoms with Gasteiger partial charge < -0.3 is 40.3 Å². The van der Waals surface area contributed by atoms with Gasteiger partial charge in [-0.3, -0.25) is 10.1 Å². The minimum absolute atomic E-state index is 0.0665. The van der Waals surface area contributed by atoms with Crippen LogP contribution in [0.2, 0.25) is 0 Å². The van der Waals surface area contributed by atoms with E-state index < -0.39 is 36.5 Å². The first-order chi connectivity index (χ1) is 29.5. The number of hydrogen-bond acceptors (Lipinski definition) is 12. The number of esters is 1. The van der Waals surface area contributed by atoms with Gasteiger partial charge in [0.25, 0.3) is 5.91 Å². The quantitative estimate of drug-likeness (QED) is 0.0147. The maximum atomic E-state index is 12.5. The van der Waals surface area contributed by atoms with Gasteiger partial charge in [0.1, 0.15) is 12.1 Å². The number of carbonyl (C=O) groups excluding carboxylic acids is 2. The van der Waals surface area contributed by atoms with Gasteiger partial charge in [0.05, 0.1) is 19.3 Å². The fraction of sp³-hybridized carbons (Fsp3) is 0.356. The molecule has 7 N–H and O–H groups in total. The Morgan fingerprint density at radius 2 is 1.43 bits per heavy atom. The largest absolute Gasteiger partial charge is 0.480 e. The van der Waals surface area contributed by atoms with Crippen LogP contribution in [-0.4, -0.2) is 126 Å². The van der Waals surface area contributed by atoms with Gasteiger partial charge in [0.15, 0.2) is 31.4 Å². The molecule has 0 saturated carbocycles. The van der Waals surface area contributed by atoms with Gasteiger partial charge in [0.2, 0.25) is 6.54 Å². The van der Waals surface area contributed by atoms with Crippen molar-refractivity contribution in [1.82, 2.24) is 10.6 Å². The van der Waals surface area contributed by atoms with E-state index in [1.54, 1.807) is 38.8 Å². The number of aliphatic hydroxyl groups is 3. The third kappa shape index (κ3) is 15.0. The number of allylic oxidation sites excluding steroid dienone is 4. The lowest BCUT2D eigenvalue weighted by Crippen LogP contribution is -2.73. The number of ether oxygens (including phenoxy) is 1. The number of pyridine rings is 1. The fourth-order valence-electron chi connectivity index (χ4n) is 6.85. The molecule has 0 aliphatic carbocycles. The summed E-state index contributed by atoms with van der Waals surface area (Å²) in [6.07, 6.45) is 15.5. The maximum Gasteiger partial charge on any atom is 0.328 e. The molecule has 2 saturated heterocycles. The number of aliphatic hydroxyl groups excluding tert-OH is 3. The van der Waals surface area contributed by atoms with E-state index >= 15 is 0 Å². The molecule has 1 aromatic heterocycles. The Morgan fingerprint density at radius 1 is 0.869 bits per heavy atom. The van der Waals surface area contributed by atoms with Gasteiger partial charge in [-0.25, -0.2) is 14.6 Å². The van der Waals surface area contributed by atoms with Crippen molar-refractivity contribution < 1.29 is 49.1 Å². The van der Waals surface area contributed by atoms with Gasteiger partial charge in [-0.05, 0) is 46.5 Å². The molecule has 5 unspecified atom stereocenters. The Morgan fingerprint density at radius 3 is 2.02 bits per heavy atom. The van der Waals surface area contributed by atoms with E-state index in [1.807, 2.05) is 113 Å². The highest BCUT2D eigenvalue weighted by Crippen LogP contribution is 2.28. The van der Waals surface area contributed by atoms with E-state index in [0.717, 1.165) is 45.1 Å².